The summed E-state index contributed by atoms with van der Waals surface area (Å²) < 4.78 is 0. The summed E-state index contributed by atoms with van der Waals surface area (Å²) >= 11 is 0. The predicted octanol–water partition coefficient (Wildman–Crippen LogP) is 0.640. The zero-order valence-electron chi connectivity index (χ0n) is 7.89. The molecule has 1 saturated carbocycles. The van der Waals surface area contributed by atoms with Crippen LogP contribution in [-0.4, -0.2) is 18.0 Å². The first-order valence-corrected chi connectivity index (χ1v) is 4.72. The van der Waals surface area contributed by atoms with Gasteiger partial charge in [-0.3, -0.25) is 4.79 Å². The molecule has 1 aliphatic carbocycles. The average molecular weight is 170 g/mol. The highest BCUT2D eigenvalue weighted by molar-refractivity contribution is 5.85. The second-order valence-electron chi connectivity index (χ2n) is 3.49. The van der Waals surface area contributed by atoms with Gasteiger partial charge in [-0.2, -0.15) is 0 Å². The SMILES string of the molecule is CCNC(CC)(C(N)=O)C1CC1. The van der Waals surface area contributed by atoms with Crippen LogP contribution in [0.3, 0.4) is 0 Å². The van der Waals surface area contributed by atoms with Crippen LogP contribution in [0.4, 0.5) is 0 Å². The molecule has 70 valence electrons. The van der Waals surface area contributed by atoms with E-state index < -0.39 is 5.54 Å². The van der Waals surface area contributed by atoms with Crippen LogP contribution in [-0.2, 0) is 4.79 Å². The fourth-order valence-electron chi connectivity index (χ4n) is 1.91. The van der Waals surface area contributed by atoms with Gasteiger partial charge in [0.15, 0.2) is 0 Å². The Kier molecular flexibility index (Phi) is 2.73. The number of nitrogens with one attached hydrogen (secondary N) is 1. The monoisotopic (exact) mass is 170 g/mol. The van der Waals surface area contributed by atoms with Gasteiger partial charge in [-0.05, 0) is 31.7 Å². The van der Waals surface area contributed by atoms with Gasteiger partial charge in [-0.25, -0.2) is 0 Å². The first kappa shape index (κ1) is 9.52. The Bertz CT molecular complexity index is 177. The van der Waals surface area contributed by atoms with Crippen molar-refractivity contribution in [2.24, 2.45) is 11.7 Å². The van der Waals surface area contributed by atoms with E-state index in [2.05, 4.69) is 5.32 Å². The van der Waals surface area contributed by atoms with Gasteiger partial charge in [0.2, 0.25) is 5.91 Å². The molecule has 0 aliphatic heterocycles. The first-order chi connectivity index (χ1) is 5.67. The van der Waals surface area contributed by atoms with Crippen LogP contribution in [0, 0.1) is 5.92 Å². The zero-order chi connectivity index (χ0) is 9.19. The Labute approximate surface area is 73.7 Å². The van der Waals surface area contributed by atoms with Gasteiger partial charge in [0.25, 0.3) is 0 Å². The Morgan fingerprint density at radius 2 is 2.17 bits per heavy atom. The van der Waals surface area contributed by atoms with E-state index in [1.54, 1.807) is 0 Å². The Morgan fingerprint density at radius 1 is 1.58 bits per heavy atom. The summed E-state index contributed by atoms with van der Waals surface area (Å²) in [5.74, 6) is 0.300. The molecule has 3 heteroatoms. The van der Waals surface area contributed by atoms with E-state index in [0.29, 0.717) is 5.92 Å². The van der Waals surface area contributed by atoms with Crippen molar-refractivity contribution in [3.8, 4) is 0 Å². The lowest BCUT2D eigenvalue weighted by Gasteiger charge is -2.30. The van der Waals surface area contributed by atoms with Crippen LogP contribution in [0.25, 0.3) is 0 Å². The number of hydrogen-bond donors (Lipinski definition) is 2. The number of amides is 1. The first-order valence-electron chi connectivity index (χ1n) is 4.72. The highest BCUT2D eigenvalue weighted by Gasteiger charge is 2.47. The van der Waals surface area contributed by atoms with E-state index in [0.717, 1.165) is 25.8 Å². The molecule has 1 atom stereocenters. The smallest absolute Gasteiger partial charge is 0.238 e. The Morgan fingerprint density at radius 3 is 2.42 bits per heavy atom. The van der Waals surface area contributed by atoms with E-state index in [9.17, 15) is 4.79 Å². The topological polar surface area (TPSA) is 55.1 Å². The summed E-state index contributed by atoms with van der Waals surface area (Å²) in [6.07, 6.45) is 3.09. The van der Waals surface area contributed by atoms with Gasteiger partial charge in [0, 0.05) is 0 Å². The Hall–Kier alpha value is -0.570. The maximum atomic E-state index is 11.3. The van der Waals surface area contributed by atoms with E-state index in [1.165, 1.54) is 0 Å². The zero-order valence-corrected chi connectivity index (χ0v) is 7.89. The molecular weight excluding hydrogens is 152 g/mol. The van der Waals surface area contributed by atoms with E-state index in [1.807, 2.05) is 13.8 Å². The average Bonchev–Trinajstić information content (AvgIpc) is 2.82. The molecule has 12 heavy (non-hydrogen) atoms. The van der Waals surface area contributed by atoms with Crippen LogP contribution in [0.1, 0.15) is 33.1 Å². The third kappa shape index (κ3) is 1.46. The van der Waals surface area contributed by atoms with Crippen molar-refractivity contribution in [2.45, 2.75) is 38.6 Å². The second-order valence-corrected chi connectivity index (χ2v) is 3.49. The second kappa shape index (κ2) is 3.44. The largest absolute Gasteiger partial charge is 0.368 e. The summed E-state index contributed by atoms with van der Waals surface area (Å²) in [5, 5.41) is 3.23. The lowest BCUT2D eigenvalue weighted by molar-refractivity contribution is -0.125. The van der Waals surface area contributed by atoms with Crippen molar-refractivity contribution >= 4 is 5.91 Å². The summed E-state index contributed by atoms with van der Waals surface area (Å²) in [6, 6.07) is 0. The van der Waals surface area contributed by atoms with Gasteiger partial charge in [0.05, 0.1) is 0 Å². The van der Waals surface area contributed by atoms with Crippen LogP contribution >= 0.6 is 0 Å². The minimum Gasteiger partial charge on any atom is -0.368 e. The standard InChI is InChI=1S/C9H18N2O/c1-3-9(8(10)12,11-4-2)7-5-6-7/h7,11H,3-6H2,1-2H3,(H2,10,12). The molecule has 3 N–H and O–H groups in total. The number of carbonyl (C=O) groups excluding carboxylic acids is 1. The summed E-state index contributed by atoms with van der Waals surface area (Å²) in [6.45, 7) is 4.84. The van der Waals surface area contributed by atoms with Crippen LogP contribution < -0.4 is 11.1 Å². The molecule has 0 bridgehead atoms. The van der Waals surface area contributed by atoms with Crippen LogP contribution in [0.5, 0.6) is 0 Å². The maximum absolute atomic E-state index is 11.3. The van der Waals surface area contributed by atoms with Crippen LogP contribution in [0.15, 0.2) is 0 Å². The van der Waals surface area contributed by atoms with Gasteiger partial charge < -0.3 is 11.1 Å². The summed E-state index contributed by atoms with van der Waals surface area (Å²) in [7, 11) is 0. The molecule has 0 aromatic heterocycles. The van der Waals surface area contributed by atoms with Crippen molar-refractivity contribution in [1.82, 2.24) is 5.32 Å². The lowest BCUT2D eigenvalue weighted by Crippen LogP contribution is -2.56. The van der Waals surface area contributed by atoms with Crippen molar-refractivity contribution in [3.05, 3.63) is 0 Å². The predicted molar refractivity (Wildman–Crippen MR) is 48.6 cm³/mol. The van der Waals surface area contributed by atoms with E-state index in [4.69, 9.17) is 5.73 Å². The van der Waals surface area contributed by atoms with Crippen molar-refractivity contribution in [3.63, 3.8) is 0 Å². The third-order valence-electron chi connectivity index (χ3n) is 2.76. The molecule has 1 amide bonds. The van der Waals surface area contributed by atoms with Gasteiger partial charge in [0.1, 0.15) is 5.54 Å². The number of likely N-dealkylation sites (N-methyl/N-ethyl adjacent to an activating group) is 1. The summed E-state index contributed by atoms with van der Waals surface area (Å²) in [4.78, 5) is 11.3. The van der Waals surface area contributed by atoms with Crippen molar-refractivity contribution in [2.75, 3.05) is 6.54 Å². The number of carbonyl (C=O) groups is 1. The molecule has 0 aromatic rings. The highest BCUT2D eigenvalue weighted by Crippen LogP contribution is 2.41. The number of hydrogen-bond acceptors (Lipinski definition) is 2. The molecule has 0 heterocycles. The van der Waals surface area contributed by atoms with Crippen molar-refractivity contribution < 1.29 is 4.79 Å². The number of rotatable bonds is 5. The van der Waals surface area contributed by atoms with Crippen LogP contribution in [0.2, 0.25) is 0 Å². The fraction of sp³-hybridized carbons (Fsp3) is 0.889. The Balaban J connectivity index is 2.71. The molecule has 1 unspecified atom stereocenters. The number of nitrogens with two attached hydrogens (primary N) is 1. The molecule has 0 spiro atoms. The van der Waals surface area contributed by atoms with Gasteiger partial charge in [-0.1, -0.05) is 13.8 Å². The number of primary amides is 1. The van der Waals surface area contributed by atoms with Gasteiger partial charge in [-0.15, -0.1) is 0 Å². The molecule has 0 aromatic carbocycles. The molecular formula is C9H18N2O. The molecule has 0 saturated heterocycles. The minimum atomic E-state index is -0.408. The normalized spacial score (nSPS) is 21.8. The molecule has 1 fully saturated rings. The third-order valence-corrected chi connectivity index (χ3v) is 2.76. The molecule has 1 aliphatic rings. The van der Waals surface area contributed by atoms with Crippen molar-refractivity contribution in [1.29, 1.82) is 0 Å². The quantitative estimate of drug-likeness (QED) is 0.636. The van der Waals surface area contributed by atoms with E-state index in [-0.39, 0.29) is 5.91 Å². The summed E-state index contributed by atoms with van der Waals surface area (Å²) in [5.41, 5.74) is 5.00. The molecule has 1 rings (SSSR count). The molecule has 3 nitrogen and oxygen atoms in total. The minimum absolute atomic E-state index is 0.186. The van der Waals surface area contributed by atoms with E-state index >= 15 is 0 Å². The van der Waals surface area contributed by atoms with Gasteiger partial charge >= 0.3 is 0 Å². The highest BCUT2D eigenvalue weighted by atomic mass is 16.1. The lowest BCUT2D eigenvalue weighted by atomic mass is 9.89. The fourth-order valence-corrected chi connectivity index (χ4v) is 1.91. The maximum Gasteiger partial charge on any atom is 0.238 e. The molecule has 0 radical (unpaired) electrons.